The van der Waals surface area contributed by atoms with Crippen LogP contribution >= 0.6 is 58.3 Å². The number of carboxylic acid groups (broad SMARTS) is 1. The first-order chi connectivity index (χ1) is 14.1. The van der Waals surface area contributed by atoms with Crippen LogP contribution in [0, 0.1) is 0 Å². The molecule has 0 aromatic carbocycles. The number of thioether (sulfide) groups is 2. The summed E-state index contributed by atoms with van der Waals surface area (Å²) >= 11 is 19.0. The Morgan fingerprint density at radius 1 is 1.40 bits per heavy atom. The lowest BCUT2D eigenvalue weighted by molar-refractivity contribution is -0.149. The molecule has 1 aromatic heterocycles. The number of nitrogens with zero attached hydrogens (tertiary/aromatic N) is 2. The molecule has 3 heterocycles. The Kier molecular flexibility index (Phi) is 7.13. The van der Waals surface area contributed by atoms with Crippen LogP contribution in [0.2, 0.25) is 0 Å². The van der Waals surface area contributed by atoms with Crippen LogP contribution in [0.1, 0.15) is 0 Å². The van der Waals surface area contributed by atoms with E-state index in [2.05, 4.69) is 15.5 Å². The van der Waals surface area contributed by atoms with Crippen LogP contribution in [0.25, 0.3) is 0 Å². The molecule has 2 atom stereocenters. The highest BCUT2D eigenvalue weighted by Crippen LogP contribution is 2.41. The molecule has 1 unspecified atom stereocenters. The minimum atomic E-state index is -1.79. The van der Waals surface area contributed by atoms with E-state index >= 15 is 0 Å². The van der Waals surface area contributed by atoms with Crippen LogP contribution < -0.4 is 10.9 Å². The number of carbonyl (C=O) groups excluding carboxylic acids is 2. The van der Waals surface area contributed by atoms with Crippen molar-refractivity contribution < 1.29 is 24.2 Å². The van der Waals surface area contributed by atoms with Gasteiger partial charge in [0, 0.05) is 17.6 Å². The summed E-state index contributed by atoms with van der Waals surface area (Å²) in [5.41, 5.74) is 0.0404. The van der Waals surface area contributed by atoms with Crippen LogP contribution in [0.4, 0.5) is 4.79 Å². The van der Waals surface area contributed by atoms with E-state index in [-0.39, 0.29) is 17.0 Å². The first kappa shape index (κ1) is 23.1. The Bertz CT molecular complexity index is 946. The van der Waals surface area contributed by atoms with E-state index in [0.29, 0.717) is 16.4 Å². The second-order valence-corrected chi connectivity index (χ2v) is 10.6. The Labute approximate surface area is 192 Å². The quantitative estimate of drug-likeness (QED) is 0.292. The van der Waals surface area contributed by atoms with E-state index in [0.717, 1.165) is 4.90 Å². The summed E-state index contributed by atoms with van der Waals surface area (Å²) in [6.07, 6.45) is -0.953. The van der Waals surface area contributed by atoms with Gasteiger partial charge in [-0.05, 0) is 11.6 Å². The smallest absolute Gasteiger partial charge is 0.408 e. The van der Waals surface area contributed by atoms with Gasteiger partial charge < -0.3 is 15.2 Å². The number of hydrogen-bond acceptors (Lipinski definition) is 8. The van der Waals surface area contributed by atoms with Gasteiger partial charge in [-0.3, -0.25) is 14.5 Å². The molecule has 1 fully saturated rings. The number of H-pyrrole nitrogens is 1. The number of aromatic nitrogens is 2. The molecule has 0 saturated carbocycles. The van der Waals surface area contributed by atoms with Crippen molar-refractivity contribution in [2.45, 2.75) is 20.2 Å². The second kappa shape index (κ2) is 9.27. The molecule has 0 aliphatic carbocycles. The lowest BCUT2D eigenvalue weighted by atomic mass is 10.0. The number of aromatic amines is 1. The summed E-state index contributed by atoms with van der Waals surface area (Å²) in [5, 5.41) is 18.1. The van der Waals surface area contributed by atoms with Crippen molar-refractivity contribution in [3.05, 3.63) is 33.8 Å². The molecule has 15 heteroatoms. The molecule has 2 aliphatic heterocycles. The van der Waals surface area contributed by atoms with Gasteiger partial charge in [-0.15, -0.1) is 23.5 Å². The van der Waals surface area contributed by atoms with Crippen molar-refractivity contribution in [1.82, 2.24) is 20.4 Å². The standard InChI is InChI=1S/C15H13Cl3N4O6S2/c16-15(17,18)5-28-14(27)19-9-11(24)22-10(13(25)26)6(4-30-12(9)22)3-29-8-2-1-7(23)20-21-8/h1-2,9,12H,3-5H2,(H,19,27)(H,20,23)(H,25,26)/t9?,12-/m1/s1. The zero-order valence-electron chi connectivity index (χ0n) is 14.8. The van der Waals surface area contributed by atoms with Crippen LogP contribution in [0.3, 0.4) is 0 Å². The van der Waals surface area contributed by atoms with E-state index < -0.39 is 39.8 Å². The average Bonchev–Trinajstić information content (AvgIpc) is 2.68. The predicted octanol–water partition coefficient (Wildman–Crippen LogP) is 1.58. The second-order valence-electron chi connectivity index (χ2n) is 6.03. The lowest BCUT2D eigenvalue weighted by Gasteiger charge is -2.49. The molecular formula is C15H13Cl3N4O6S2. The molecule has 0 bridgehead atoms. The van der Waals surface area contributed by atoms with Gasteiger partial charge in [0.1, 0.15) is 28.7 Å². The molecule has 3 N–H and O–H groups in total. The zero-order chi connectivity index (χ0) is 22.1. The first-order valence-electron chi connectivity index (χ1n) is 8.15. The third kappa shape index (κ3) is 5.35. The number of carboxylic acids is 1. The number of halogens is 3. The topological polar surface area (TPSA) is 142 Å². The Hall–Kier alpha value is -1.60. The third-order valence-electron chi connectivity index (χ3n) is 3.94. The zero-order valence-corrected chi connectivity index (χ0v) is 18.7. The molecule has 10 nitrogen and oxygen atoms in total. The molecule has 30 heavy (non-hydrogen) atoms. The SMILES string of the molecule is O=C(NC1C(=O)N2C(C(=O)O)=C(CSc3ccc(=O)[nH]n3)CS[C@H]12)OCC(Cl)(Cl)Cl. The molecule has 1 saturated heterocycles. The Morgan fingerprint density at radius 2 is 2.13 bits per heavy atom. The minimum absolute atomic E-state index is 0.131. The van der Waals surface area contributed by atoms with Crippen LogP contribution in [0.5, 0.6) is 0 Å². The van der Waals surface area contributed by atoms with Gasteiger partial charge in [0.05, 0.1) is 0 Å². The number of amides is 2. The fraction of sp³-hybridized carbons (Fsp3) is 0.400. The van der Waals surface area contributed by atoms with Crippen molar-refractivity contribution in [3.63, 3.8) is 0 Å². The van der Waals surface area contributed by atoms with Gasteiger partial charge in [0.2, 0.25) is 3.79 Å². The number of ether oxygens (including phenoxy) is 1. The number of β-lactam (4-membered cyclic amide) rings is 1. The van der Waals surface area contributed by atoms with Crippen molar-refractivity contribution in [3.8, 4) is 0 Å². The van der Waals surface area contributed by atoms with Crippen LogP contribution in [0.15, 0.2) is 33.2 Å². The number of nitrogens with one attached hydrogen (secondary N) is 2. The lowest BCUT2D eigenvalue weighted by Crippen LogP contribution is -2.70. The van der Waals surface area contributed by atoms with Crippen LogP contribution in [-0.4, -0.2) is 71.5 Å². The van der Waals surface area contributed by atoms with Crippen LogP contribution in [-0.2, 0) is 14.3 Å². The fourth-order valence-corrected chi connectivity index (χ4v) is 5.16. The first-order valence-corrected chi connectivity index (χ1v) is 11.3. The molecular weight excluding hydrogens is 503 g/mol. The van der Waals surface area contributed by atoms with E-state index in [1.54, 1.807) is 0 Å². The number of hydrogen-bond donors (Lipinski definition) is 3. The summed E-state index contributed by atoms with van der Waals surface area (Å²) in [6.45, 7) is -0.508. The molecule has 1 aromatic rings. The summed E-state index contributed by atoms with van der Waals surface area (Å²) < 4.78 is 2.95. The van der Waals surface area contributed by atoms with Gasteiger partial charge in [-0.1, -0.05) is 34.8 Å². The third-order valence-corrected chi connectivity index (χ3v) is 6.62. The van der Waals surface area contributed by atoms with Crippen molar-refractivity contribution >= 4 is 76.3 Å². The van der Waals surface area contributed by atoms with E-state index in [9.17, 15) is 24.3 Å². The van der Waals surface area contributed by atoms with Gasteiger partial charge in [-0.2, -0.15) is 5.10 Å². The van der Waals surface area contributed by atoms with E-state index in [1.165, 1.54) is 35.7 Å². The van der Waals surface area contributed by atoms with Gasteiger partial charge >= 0.3 is 12.1 Å². The monoisotopic (exact) mass is 514 g/mol. The van der Waals surface area contributed by atoms with Crippen molar-refractivity contribution in [2.24, 2.45) is 0 Å². The maximum absolute atomic E-state index is 12.5. The van der Waals surface area contributed by atoms with Gasteiger partial charge in [-0.25, -0.2) is 14.7 Å². The number of alkyl carbamates (subject to hydrolysis) is 1. The normalized spacial score (nSPS) is 21.0. The average molecular weight is 516 g/mol. The highest BCUT2D eigenvalue weighted by molar-refractivity contribution is 8.01. The number of alkyl halides is 3. The molecule has 2 aliphatic rings. The highest BCUT2D eigenvalue weighted by atomic mass is 35.6. The van der Waals surface area contributed by atoms with Crippen molar-refractivity contribution in [1.29, 1.82) is 0 Å². The maximum atomic E-state index is 12.5. The van der Waals surface area contributed by atoms with E-state index in [4.69, 9.17) is 39.5 Å². The number of rotatable bonds is 6. The predicted molar refractivity (Wildman–Crippen MR) is 112 cm³/mol. The number of aliphatic carboxylic acids is 1. The number of carbonyl (C=O) groups is 3. The Morgan fingerprint density at radius 3 is 2.73 bits per heavy atom. The summed E-state index contributed by atoms with van der Waals surface area (Å²) in [7, 11) is 0. The van der Waals surface area contributed by atoms with Crippen molar-refractivity contribution in [2.75, 3.05) is 18.1 Å². The molecule has 162 valence electrons. The molecule has 0 radical (unpaired) electrons. The highest BCUT2D eigenvalue weighted by Gasteiger charge is 2.54. The Balaban J connectivity index is 1.67. The summed E-state index contributed by atoms with van der Waals surface area (Å²) in [4.78, 5) is 48.3. The molecule has 2 amide bonds. The molecule has 3 rings (SSSR count). The molecule has 0 spiro atoms. The van der Waals surface area contributed by atoms with Gasteiger partial charge in [0.25, 0.3) is 11.5 Å². The summed E-state index contributed by atoms with van der Waals surface area (Å²) in [6, 6.07) is 1.87. The maximum Gasteiger partial charge on any atom is 0.408 e. The minimum Gasteiger partial charge on any atom is -0.477 e. The van der Waals surface area contributed by atoms with E-state index in [1.807, 2.05) is 0 Å². The fourth-order valence-electron chi connectivity index (χ4n) is 2.68. The largest absolute Gasteiger partial charge is 0.477 e. The van der Waals surface area contributed by atoms with Gasteiger partial charge in [0.15, 0.2) is 0 Å². The summed E-state index contributed by atoms with van der Waals surface area (Å²) in [5.74, 6) is -1.25. The number of fused-ring (bicyclic) bond motifs is 1.